The zero-order chi connectivity index (χ0) is 25.9. The Hall–Kier alpha value is -4.84. The molecule has 0 saturated carbocycles. The van der Waals surface area contributed by atoms with Crippen LogP contribution in [0.15, 0.2) is 103 Å². The maximum Gasteiger partial charge on any atom is 0.335 e. The van der Waals surface area contributed by atoms with Crippen LogP contribution >= 0.6 is 0 Å². The Morgan fingerprint density at radius 1 is 0.811 bits per heavy atom. The molecule has 5 aromatic rings. The van der Waals surface area contributed by atoms with Crippen molar-refractivity contribution in [2.45, 2.75) is 13.0 Å². The number of fused-ring (bicyclic) bond motifs is 1. The van der Waals surface area contributed by atoms with Crippen LogP contribution in [0.5, 0.6) is 0 Å². The lowest BCUT2D eigenvalue weighted by Gasteiger charge is -2.17. The SMILES string of the molecule is C[C@H](NC(=O)c1c(Nc2cccc(-c3ccccc3)c2)c2ccccc2n1C)c1ccc(C(=O)O)cc1. The van der Waals surface area contributed by atoms with Crippen molar-refractivity contribution in [2.24, 2.45) is 7.05 Å². The molecule has 184 valence electrons. The number of para-hydroxylation sites is 1. The molecule has 0 spiro atoms. The van der Waals surface area contributed by atoms with Crippen molar-refractivity contribution in [1.29, 1.82) is 0 Å². The zero-order valence-electron chi connectivity index (χ0n) is 20.6. The summed E-state index contributed by atoms with van der Waals surface area (Å²) in [6.45, 7) is 1.88. The third-order valence-electron chi connectivity index (χ3n) is 6.57. The van der Waals surface area contributed by atoms with Crippen LogP contribution in [0.2, 0.25) is 0 Å². The molecule has 3 N–H and O–H groups in total. The Labute approximate surface area is 215 Å². The van der Waals surface area contributed by atoms with Gasteiger partial charge in [-0.3, -0.25) is 4.79 Å². The predicted octanol–water partition coefficient (Wildman–Crippen LogP) is 6.78. The van der Waals surface area contributed by atoms with Crippen LogP contribution in [0, 0.1) is 0 Å². The molecule has 1 aromatic heterocycles. The van der Waals surface area contributed by atoms with Gasteiger partial charge in [-0.05, 0) is 53.9 Å². The van der Waals surface area contributed by atoms with E-state index in [1.54, 1.807) is 24.3 Å². The van der Waals surface area contributed by atoms with Crippen molar-refractivity contribution in [3.63, 3.8) is 0 Å². The summed E-state index contributed by atoms with van der Waals surface area (Å²) in [4.78, 5) is 24.8. The van der Waals surface area contributed by atoms with E-state index in [1.807, 2.05) is 73.1 Å². The van der Waals surface area contributed by atoms with Gasteiger partial charge < -0.3 is 20.3 Å². The maximum atomic E-state index is 13.6. The first kappa shape index (κ1) is 23.9. The molecule has 0 fully saturated rings. The molecule has 5 rings (SSSR count). The summed E-state index contributed by atoms with van der Waals surface area (Å²) in [5, 5.41) is 16.7. The number of hydrogen-bond donors (Lipinski definition) is 3. The second-order valence-electron chi connectivity index (χ2n) is 8.99. The molecule has 1 atom stereocenters. The van der Waals surface area contributed by atoms with E-state index in [9.17, 15) is 9.59 Å². The molecular weight excluding hydrogens is 462 g/mol. The summed E-state index contributed by atoms with van der Waals surface area (Å²) in [7, 11) is 1.88. The molecular formula is C31H27N3O3. The molecule has 0 aliphatic rings. The van der Waals surface area contributed by atoms with Crippen molar-refractivity contribution in [3.8, 4) is 11.1 Å². The number of carbonyl (C=O) groups is 2. The fourth-order valence-electron chi connectivity index (χ4n) is 4.60. The molecule has 6 nitrogen and oxygen atoms in total. The van der Waals surface area contributed by atoms with Gasteiger partial charge in [-0.15, -0.1) is 0 Å². The highest BCUT2D eigenvalue weighted by molar-refractivity contribution is 6.10. The van der Waals surface area contributed by atoms with Crippen LogP contribution in [-0.4, -0.2) is 21.6 Å². The van der Waals surface area contributed by atoms with Gasteiger partial charge in [0.25, 0.3) is 5.91 Å². The number of carboxylic acid groups (broad SMARTS) is 1. The summed E-state index contributed by atoms with van der Waals surface area (Å²) in [5.41, 5.74) is 6.29. The fourth-order valence-corrected chi connectivity index (χ4v) is 4.60. The summed E-state index contributed by atoms with van der Waals surface area (Å²) < 4.78 is 1.90. The topological polar surface area (TPSA) is 83.4 Å². The first-order chi connectivity index (χ1) is 17.9. The van der Waals surface area contributed by atoms with Gasteiger partial charge >= 0.3 is 5.97 Å². The number of carboxylic acids is 1. The van der Waals surface area contributed by atoms with Gasteiger partial charge in [0.05, 0.1) is 22.8 Å². The molecule has 0 saturated heterocycles. The average Bonchev–Trinajstić information content (AvgIpc) is 3.20. The highest BCUT2D eigenvalue weighted by atomic mass is 16.4. The lowest BCUT2D eigenvalue weighted by molar-refractivity contribution is 0.0696. The van der Waals surface area contributed by atoms with E-state index in [2.05, 4.69) is 34.9 Å². The zero-order valence-corrected chi connectivity index (χ0v) is 20.6. The van der Waals surface area contributed by atoms with E-state index in [1.165, 1.54) is 0 Å². The largest absolute Gasteiger partial charge is 0.478 e. The number of carbonyl (C=O) groups excluding carboxylic acids is 1. The van der Waals surface area contributed by atoms with Crippen molar-refractivity contribution in [3.05, 3.63) is 120 Å². The van der Waals surface area contributed by atoms with Gasteiger partial charge in [0, 0.05) is 18.1 Å². The van der Waals surface area contributed by atoms with Gasteiger partial charge in [-0.1, -0.05) is 72.8 Å². The van der Waals surface area contributed by atoms with E-state index in [-0.39, 0.29) is 17.5 Å². The minimum Gasteiger partial charge on any atom is -0.478 e. The number of anilines is 2. The van der Waals surface area contributed by atoms with Gasteiger partial charge in [0.15, 0.2) is 0 Å². The minimum atomic E-state index is -0.981. The number of aromatic nitrogens is 1. The summed E-state index contributed by atoms with van der Waals surface area (Å²) in [6.07, 6.45) is 0. The molecule has 1 amide bonds. The van der Waals surface area contributed by atoms with Gasteiger partial charge in [-0.2, -0.15) is 0 Å². The number of amides is 1. The van der Waals surface area contributed by atoms with E-state index < -0.39 is 5.97 Å². The molecule has 0 aliphatic heterocycles. The molecule has 1 heterocycles. The minimum absolute atomic E-state index is 0.209. The predicted molar refractivity (Wildman–Crippen MR) is 147 cm³/mol. The van der Waals surface area contributed by atoms with Gasteiger partial charge in [0.1, 0.15) is 5.69 Å². The molecule has 0 aliphatic carbocycles. The highest BCUT2D eigenvalue weighted by Crippen LogP contribution is 2.34. The molecule has 0 bridgehead atoms. The normalized spacial score (nSPS) is 11.7. The van der Waals surface area contributed by atoms with E-state index >= 15 is 0 Å². The number of benzene rings is 4. The van der Waals surface area contributed by atoms with Crippen molar-refractivity contribution in [2.75, 3.05) is 5.32 Å². The number of hydrogen-bond acceptors (Lipinski definition) is 3. The molecule has 0 unspecified atom stereocenters. The van der Waals surface area contributed by atoms with Crippen molar-refractivity contribution >= 4 is 34.2 Å². The van der Waals surface area contributed by atoms with E-state index in [0.717, 1.165) is 39.0 Å². The first-order valence-corrected chi connectivity index (χ1v) is 12.1. The third-order valence-corrected chi connectivity index (χ3v) is 6.57. The lowest BCUT2D eigenvalue weighted by atomic mass is 10.0. The van der Waals surface area contributed by atoms with E-state index in [0.29, 0.717) is 5.69 Å². The van der Waals surface area contributed by atoms with Crippen LogP contribution in [0.3, 0.4) is 0 Å². The van der Waals surface area contributed by atoms with Crippen molar-refractivity contribution < 1.29 is 14.7 Å². The molecule has 37 heavy (non-hydrogen) atoms. The number of aryl methyl sites for hydroxylation is 1. The van der Waals surface area contributed by atoms with Crippen LogP contribution in [-0.2, 0) is 7.05 Å². The third kappa shape index (κ3) is 4.82. The van der Waals surface area contributed by atoms with E-state index in [4.69, 9.17) is 5.11 Å². The highest BCUT2D eigenvalue weighted by Gasteiger charge is 2.23. The summed E-state index contributed by atoms with van der Waals surface area (Å²) in [6, 6.07) is 32.4. The Morgan fingerprint density at radius 3 is 2.22 bits per heavy atom. The maximum absolute atomic E-state index is 13.6. The van der Waals surface area contributed by atoms with Crippen molar-refractivity contribution in [1.82, 2.24) is 9.88 Å². The second-order valence-corrected chi connectivity index (χ2v) is 8.99. The summed E-state index contributed by atoms with van der Waals surface area (Å²) in [5.74, 6) is -1.21. The fraction of sp³-hybridized carbons (Fsp3) is 0.0968. The summed E-state index contributed by atoms with van der Waals surface area (Å²) >= 11 is 0. The van der Waals surface area contributed by atoms with Crippen LogP contribution in [0.4, 0.5) is 11.4 Å². The van der Waals surface area contributed by atoms with Crippen LogP contribution in [0.1, 0.15) is 39.4 Å². The molecule has 4 aromatic carbocycles. The van der Waals surface area contributed by atoms with Gasteiger partial charge in [0.2, 0.25) is 0 Å². The van der Waals surface area contributed by atoms with Gasteiger partial charge in [-0.25, -0.2) is 4.79 Å². The number of rotatable bonds is 7. The molecule has 6 heteroatoms. The number of nitrogens with one attached hydrogen (secondary N) is 2. The monoisotopic (exact) mass is 489 g/mol. The number of nitrogens with zero attached hydrogens (tertiary/aromatic N) is 1. The Morgan fingerprint density at radius 2 is 1.49 bits per heavy atom. The first-order valence-electron chi connectivity index (χ1n) is 12.1. The van der Waals surface area contributed by atoms with Crippen LogP contribution in [0.25, 0.3) is 22.0 Å². The second kappa shape index (κ2) is 10.0. The Kier molecular flexibility index (Phi) is 6.47. The smallest absolute Gasteiger partial charge is 0.335 e. The molecule has 0 radical (unpaired) electrons. The number of aromatic carboxylic acids is 1. The van der Waals surface area contributed by atoms with Crippen LogP contribution < -0.4 is 10.6 Å². The quantitative estimate of drug-likeness (QED) is 0.235. The lowest BCUT2D eigenvalue weighted by Crippen LogP contribution is -2.29. The standard InChI is InChI=1S/C31H27N3O3/c1-20(21-15-17-23(18-16-21)31(36)37)32-30(35)29-28(26-13-6-7-14-27(26)34(29)2)33-25-12-8-11-24(19-25)22-9-4-3-5-10-22/h3-20,33H,1-2H3,(H,32,35)(H,36,37)/t20-/m0/s1. The average molecular weight is 490 g/mol. The Balaban J connectivity index is 1.48. The Bertz CT molecular complexity index is 1590.